The summed E-state index contributed by atoms with van der Waals surface area (Å²) in [7, 11) is 2.00. The van der Waals surface area contributed by atoms with Gasteiger partial charge in [0.05, 0.1) is 0 Å². The topological polar surface area (TPSA) is 21.3 Å². The lowest BCUT2D eigenvalue weighted by Gasteiger charge is -2.14. The Labute approximate surface area is 135 Å². The molecule has 110 valence electrons. The lowest BCUT2D eigenvalue weighted by Crippen LogP contribution is -2.12. The zero-order valence-corrected chi connectivity index (χ0v) is 13.3. The minimum Gasteiger partial charge on any atom is -0.489 e. The Morgan fingerprint density at radius 1 is 1.14 bits per heavy atom. The molecule has 0 amide bonds. The SMILES string of the molecule is CNC1CCc2c(OCc3c(Cl)cccc3Cl)cccc21. The summed E-state index contributed by atoms with van der Waals surface area (Å²) >= 11 is 12.4. The van der Waals surface area contributed by atoms with E-state index in [4.69, 9.17) is 27.9 Å². The summed E-state index contributed by atoms with van der Waals surface area (Å²) in [6, 6.07) is 12.1. The normalized spacial score (nSPS) is 16.8. The van der Waals surface area contributed by atoms with Crippen LogP contribution in [0.2, 0.25) is 10.0 Å². The Morgan fingerprint density at radius 3 is 2.57 bits per heavy atom. The standard InChI is InChI=1S/C17H17Cl2NO/c1-20-16-9-8-12-11(16)4-2-7-17(12)21-10-13-14(18)5-3-6-15(13)19/h2-7,16,20H,8-10H2,1H3. The van der Waals surface area contributed by atoms with E-state index in [0.717, 1.165) is 24.2 Å². The van der Waals surface area contributed by atoms with Crippen LogP contribution in [0.25, 0.3) is 0 Å². The lowest BCUT2D eigenvalue weighted by atomic mass is 10.1. The van der Waals surface area contributed by atoms with Crippen LogP contribution in [0.1, 0.15) is 29.2 Å². The van der Waals surface area contributed by atoms with Gasteiger partial charge in [0.2, 0.25) is 0 Å². The molecule has 1 N–H and O–H groups in total. The third-order valence-corrected chi connectivity index (χ3v) is 4.72. The van der Waals surface area contributed by atoms with Crippen LogP contribution in [0.3, 0.4) is 0 Å². The second kappa shape index (κ2) is 6.27. The number of halogens is 2. The minimum absolute atomic E-state index is 0.388. The number of hydrogen-bond acceptors (Lipinski definition) is 2. The molecule has 2 aromatic rings. The zero-order chi connectivity index (χ0) is 14.8. The lowest BCUT2D eigenvalue weighted by molar-refractivity contribution is 0.303. The molecule has 1 unspecified atom stereocenters. The van der Waals surface area contributed by atoms with Crippen molar-refractivity contribution >= 4 is 23.2 Å². The van der Waals surface area contributed by atoms with E-state index in [-0.39, 0.29) is 0 Å². The number of fused-ring (bicyclic) bond motifs is 1. The Balaban J connectivity index is 1.82. The molecule has 0 heterocycles. The summed E-state index contributed by atoms with van der Waals surface area (Å²) < 4.78 is 5.99. The highest BCUT2D eigenvalue weighted by Gasteiger charge is 2.23. The van der Waals surface area contributed by atoms with Crippen molar-refractivity contribution < 1.29 is 4.74 Å². The van der Waals surface area contributed by atoms with E-state index in [1.807, 2.05) is 37.4 Å². The fourth-order valence-electron chi connectivity index (χ4n) is 2.88. The molecule has 0 saturated heterocycles. The van der Waals surface area contributed by atoms with Crippen molar-refractivity contribution in [3.8, 4) is 5.75 Å². The second-order valence-electron chi connectivity index (χ2n) is 5.19. The van der Waals surface area contributed by atoms with Crippen molar-refractivity contribution in [2.24, 2.45) is 0 Å². The highest BCUT2D eigenvalue weighted by molar-refractivity contribution is 6.35. The first-order valence-corrected chi connectivity index (χ1v) is 7.81. The molecule has 0 saturated carbocycles. The molecular weight excluding hydrogens is 305 g/mol. The molecule has 3 rings (SSSR count). The highest BCUT2D eigenvalue weighted by Crippen LogP contribution is 2.37. The van der Waals surface area contributed by atoms with E-state index in [2.05, 4.69) is 11.4 Å². The van der Waals surface area contributed by atoms with Gasteiger partial charge in [-0.15, -0.1) is 0 Å². The van der Waals surface area contributed by atoms with E-state index < -0.39 is 0 Å². The molecule has 4 heteroatoms. The van der Waals surface area contributed by atoms with Gasteiger partial charge in [-0.25, -0.2) is 0 Å². The van der Waals surface area contributed by atoms with Crippen molar-refractivity contribution in [2.45, 2.75) is 25.5 Å². The Morgan fingerprint density at radius 2 is 1.86 bits per heavy atom. The summed E-state index contributed by atoms with van der Waals surface area (Å²) in [5, 5.41) is 4.63. The van der Waals surface area contributed by atoms with Crippen LogP contribution < -0.4 is 10.1 Å². The monoisotopic (exact) mass is 321 g/mol. The molecule has 0 fully saturated rings. The van der Waals surface area contributed by atoms with E-state index in [1.54, 1.807) is 0 Å². The molecule has 0 aromatic heterocycles. The largest absolute Gasteiger partial charge is 0.489 e. The second-order valence-corrected chi connectivity index (χ2v) is 6.01. The first-order valence-electron chi connectivity index (χ1n) is 7.05. The van der Waals surface area contributed by atoms with Gasteiger partial charge in [0.1, 0.15) is 12.4 Å². The number of rotatable bonds is 4. The summed E-state index contributed by atoms with van der Waals surface area (Å²) in [4.78, 5) is 0. The molecule has 1 aliphatic carbocycles. The fourth-order valence-corrected chi connectivity index (χ4v) is 3.38. The third kappa shape index (κ3) is 2.89. The van der Waals surface area contributed by atoms with Crippen molar-refractivity contribution in [1.29, 1.82) is 0 Å². The number of nitrogens with one attached hydrogen (secondary N) is 1. The van der Waals surface area contributed by atoms with E-state index in [0.29, 0.717) is 22.7 Å². The minimum atomic E-state index is 0.388. The molecule has 0 aliphatic heterocycles. The number of ether oxygens (including phenoxy) is 1. The van der Waals surface area contributed by atoms with E-state index >= 15 is 0 Å². The van der Waals surface area contributed by atoms with Gasteiger partial charge < -0.3 is 10.1 Å². The van der Waals surface area contributed by atoms with Crippen LogP contribution in [-0.2, 0) is 13.0 Å². The molecular formula is C17H17Cl2NO. The number of hydrogen-bond donors (Lipinski definition) is 1. The molecule has 21 heavy (non-hydrogen) atoms. The maximum Gasteiger partial charge on any atom is 0.123 e. The zero-order valence-electron chi connectivity index (χ0n) is 11.8. The van der Waals surface area contributed by atoms with Gasteiger partial charge in [-0.2, -0.15) is 0 Å². The van der Waals surface area contributed by atoms with Crippen LogP contribution in [0.5, 0.6) is 5.75 Å². The van der Waals surface area contributed by atoms with Gasteiger partial charge in [0.15, 0.2) is 0 Å². The summed E-state index contributed by atoms with van der Waals surface area (Å²) in [6.07, 6.45) is 2.15. The van der Waals surface area contributed by atoms with Gasteiger partial charge in [-0.1, -0.05) is 41.4 Å². The molecule has 2 aromatic carbocycles. The van der Waals surface area contributed by atoms with Crippen molar-refractivity contribution in [3.05, 3.63) is 63.1 Å². The Bertz CT molecular complexity index is 637. The molecule has 0 radical (unpaired) electrons. The maximum absolute atomic E-state index is 6.18. The predicted octanol–water partition coefficient (Wildman–Crippen LogP) is 4.78. The first-order chi connectivity index (χ1) is 10.2. The molecule has 2 nitrogen and oxygen atoms in total. The van der Waals surface area contributed by atoms with Crippen LogP contribution >= 0.6 is 23.2 Å². The quantitative estimate of drug-likeness (QED) is 0.875. The molecule has 1 atom stereocenters. The fraction of sp³-hybridized carbons (Fsp3) is 0.294. The maximum atomic E-state index is 6.18. The smallest absolute Gasteiger partial charge is 0.123 e. The van der Waals surface area contributed by atoms with Crippen LogP contribution in [0.15, 0.2) is 36.4 Å². The first kappa shape index (κ1) is 14.7. The Hall–Kier alpha value is -1.22. The van der Waals surface area contributed by atoms with Crippen LogP contribution in [0, 0.1) is 0 Å². The third-order valence-electron chi connectivity index (χ3n) is 4.01. The number of benzene rings is 2. The van der Waals surface area contributed by atoms with Crippen molar-refractivity contribution in [3.63, 3.8) is 0 Å². The summed E-state index contributed by atoms with van der Waals surface area (Å²) in [5.74, 6) is 0.932. The van der Waals surface area contributed by atoms with Crippen LogP contribution in [-0.4, -0.2) is 7.05 Å². The molecule has 0 spiro atoms. The predicted molar refractivity (Wildman–Crippen MR) is 87.4 cm³/mol. The summed E-state index contributed by atoms with van der Waals surface area (Å²) in [5.41, 5.74) is 3.46. The van der Waals surface area contributed by atoms with E-state index in [9.17, 15) is 0 Å². The molecule has 1 aliphatic rings. The molecule has 0 bridgehead atoms. The van der Waals surface area contributed by atoms with Gasteiger partial charge in [0, 0.05) is 21.7 Å². The Kier molecular flexibility index (Phi) is 4.39. The summed E-state index contributed by atoms with van der Waals surface area (Å²) in [6.45, 7) is 0.388. The van der Waals surface area contributed by atoms with Gasteiger partial charge in [-0.05, 0) is 49.2 Å². The van der Waals surface area contributed by atoms with Gasteiger partial charge >= 0.3 is 0 Å². The van der Waals surface area contributed by atoms with Gasteiger partial charge in [-0.3, -0.25) is 0 Å². The van der Waals surface area contributed by atoms with Crippen molar-refractivity contribution in [2.75, 3.05) is 7.05 Å². The average molecular weight is 322 g/mol. The van der Waals surface area contributed by atoms with Crippen molar-refractivity contribution in [1.82, 2.24) is 5.32 Å². The van der Waals surface area contributed by atoms with E-state index in [1.165, 1.54) is 11.1 Å². The van der Waals surface area contributed by atoms with Crippen LogP contribution in [0.4, 0.5) is 0 Å². The average Bonchev–Trinajstić information content (AvgIpc) is 2.90. The van der Waals surface area contributed by atoms with Gasteiger partial charge in [0.25, 0.3) is 0 Å². The highest BCUT2D eigenvalue weighted by atomic mass is 35.5.